The number of aryl methyl sites for hydroxylation is 1. The van der Waals surface area contributed by atoms with E-state index in [0.29, 0.717) is 11.6 Å². The SMILES string of the molecule is Cc1ccc2c(ccn2Cc2ccc(C(=O)O)cc2Cl)c1. The molecule has 0 fully saturated rings. The number of benzene rings is 2. The van der Waals surface area contributed by atoms with Gasteiger partial charge in [-0.2, -0.15) is 0 Å². The van der Waals surface area contributed by atoms with Crippen molar-refractivity contribution in [2.75, 3.05) is 0 Å². The fraction of sp³-hybridized carbons (Fsp3) is 0.118. The number of carboxylic acids is 1. The van der Waals surface area contributed by atoms with E-state index in [1.165, 1.54) is 17.0 Å². The lowest BCUT2D eigenvalue weighted by Gasteiger charge is -2.08. The minimum Gasteiger partial charge on any atom is -0.478 e. The topological polar surface area (TPSA) is 42.2 Å². The van der Waals surface area contributed by atoms with Gasteiger partial charge in [-0.15, -0.1) is 0 Å². The molecule has 1 N–H and O–H groups in total. The van der Waals surface area contributed by atoms with Crippen LogP contribution in [0.3, 0.4) is 0 Å². The Morgan fingerprint density at radius 3 is 2.71 bits per heavy atom. The molecule has 3 rings (SSSR count). The molecule has 0 saturated heterocycles. The van der Waals surface area contributed by atoms with E-state index in [1.54, 1.807) is 12.1 Å². The summed E-state index contributed by atoms with van der Waals surface area (Å²) < 4.78 is 2.11. The third kappa shape index (κ3) is 2.65. The fourth-order valence-corrected chi connectivity index (χ4v) is 2.69. The monoisotopic (exact) mass is 299 g/mol. The number of aromatic nitrogens is 1. The third-order valence-corrected chi connectivity index (χ3v) is 3.92. The number of hydrogen-bond acceptors (Lipinski definition) is 1. The Labute approximate surface area is 127 Å². The fourth-order valence-electron chi connectivity index (χ4n) is 2.45. The van der Waals surface area contributed by atoms with Crippen molar-refractivity contribution in [3.05, 3.63) is 70.4 Å². The highest BCUT2D eigenvalue weighted by Crippen LogP contribution is 2.23. The number of aromatic carboxylic acids is 1. The van der Waals surface area contributed by atoms with E-state index >= 15 is 0 Å². The minimum absolute atomic E-state index is 0.205. The number of rotatable bonds is 3. The van der Waals surface area contributed by atoms with Gasteiger partial charge >= 0.3 is 5.97 Å². The Kier molecular flexibility index (Phi) is 3.43. The molecule has 0 radical (unpaired) electrons. The molecule has 0 spiro atoms. The van der Waals surface area contributed by atoms with Crippen molar-refractivity contribution in [3.8, 4) is 0 Å². The number of carbonyl (C=O) groups is 1. The van der Waals surface area contributed by atoms with Gasteiger partial charge in [0, 0.05) is 23.3 Å². The van der Waals surface area contributed by atoms with Gasteiger partial charge < -0.3 is 9.67 Å². The number of halogens is 1. The van der Waals surface area contributed by atoms with Crippen molar-refractivity contribution in [3.63, 3.8) is 0 Å². The summed E-state index contributed by atoms with van der Waals surface area (Å²) in [7, 11) is 0. The molecule has 1 heterocycles. The molecule has 0 atom stereocenters. The maximum Gasteiger partial charge on any atom is 0.335 e. The lowest BCUT2D eigenvalue weighted by atomic mass is 10.1. The maximum absolute atomic E-state index is 10.9. The first-order valence-electron chi connectivity index (χ1n) is 6.62. The molecule has 0 aliphatic heterocycles. The van der Waals surface area contributed by atoms with Crippen LogP contribution in [0.1, 0.15) is 21.5 Å². The van der Waals surface area contributed by atoms with Crippen LogP contribution in [0.4, 0.5) is 0 Å². The first kappa shape index (κ1) is 13.7. The van der Waals surface area contributed by atoms with Gasteiger partial charge in [0.2, 0.25) is 0 Å². The normalized spacial score (nSPS) is 11.0. The number of nitrogens with zero attached hydrogens (tertiary/aromatic N) is 1. The van der Waals surface area contributed by atoms with Gasteiger partial charge in [-0.3, -0.25) is 0 Å². The van der Waals surface area contributed by atoms with Crippen LogP contribution in [0.5, 0.6) is 0 Å². The Balaban J connectivity index is 1.97. The molecule has 4 heteroatoms. The molecular formula is C17H14ClNO2. The summed E-state index contributed by atoms with van der Waals surface area (Å²) in [5, 5.41) is 10.6. The molecule has 21 heavy (non-hydrogen) atoms. The van der Waals surface area contributed by atoms with Crippen molar-refractivity contribution in [2.45, 2.75) is 13.5 Å². The van der Waals surface area contributed by atoms with Crippen LogP contribution >= 0.6 is 11.6 Å². The van der Waals surface area contributed by atoms with E-state index in [0.717, 1.165) is 11.1 Å². The molecule has 1 aromatic heterocycles. The van der Waals surface area contributed by atoms with Gasteiger partial charge in [0.15, 0.2) is 0 Å². The van der Waals surface area contributed by atoms with Crippen molar-refractivity contribution in [2.24, 2.45) is 0 Å². The molecule has 0 unspecified atom stereocenters. The van der Waals surface area contributed by atoms with Crippen LogP contribution in [-0.4, -0.2) is 15.6 Å². The zero-order chi connectivity index (χ0) is 15.0. The zero-order valence-electron chi connectivity index (χ0n) is 11.5. The van der Waals surface area contributed by atoms with Gasteiger partial charge in [-0.25, -0.2) is 4.79 Å². The summed E-state index contributed by atoms with van der Waals surface area (Å²) in [4.78, 5) is 10.9. The van der Waals surface area contributed by atoms with E-state index in [2.05, 4.69) is 35.8 Å². The summed E-state index contributed by atoms with van der Waals surface area (Å²) in [6.07, 6.45) is 2.02. The highest BCUT2D eigenvalue weighted by molar-refractivity contribution is 6.31. The van der Waals surface area contributed by atoms with E-state index in [-0.39, 0.29) is 5.56 Å². The van der Waals surface area contributed by atoms with Crippen molar-refractivity contribution >= 4 is 28.5 Å². The number of fused-ring (bicyclic) bond motifs is 1. The second-order valence-corrected chi connectivity index (χ2v) is 5.52. The molecule has 0 aliphatic rings. The Bertz CT molecular complexity index is 836. The number of carboxylic acid groups (broad SMARTS) is 1. The van der Waals surface area contributed by atoms with Crippen molar-refractivity contribution in [1.82, 2.24) is 4.57 Å². The number of hydrogen-bond donors (Lipinski definition) is 1. The van der Waals surface area contributed by atoms with Crippen LogP contribution in [0.2, 0.25) is 5.02 Å². The largest absolute Gasteiger partial charge is 0.478 e. The Hall–Kier alpha value is -2.26. The average molecular weight is 300 g/mol. The maximum atomic E-state index is 10.9. The van der Waals surface area contributed by atoms with Crippen LogP contribution in [-0.2, 0) is 6.54 Å². The molecule has 0 bridgehead atoms. The van der Waals surface area contributed by atoms with Crippen LogP contribution in [0.25, 0.3) is 10.9 Å². The molecule has 0 saturated carbocycles. The van der Waals surface area contributed by atoms with Gasteiger partial charge in [0.1, 0.15) is 0 Å². The first-order chi connectivity index (χ1) is 10.0. The summed E-state index contributed by atoms with van der Waals surface area (Å²) >= 11 is 6.19. The van der Waals surface area contributed by atoms with Crippen LogP contribution in [0, 0.1) is 6.92 Å². The van der Waals surface area contributed by atoms with Gasteiger partial charge in [-0.05, 0) is 48.2 Å². The summed E-state index contributed by atoms with van der Waals surface area (Å²) in [5.74, 6) is -0.967. The predicted octanol–water partition coefficient (Wildman–Crippen LogP) is 4.35. The molecule has 0 aliphatic carbocycles. The average Bonchev–Trinajstić information content (AvgIpc) is 2.83. The van der Waals surface area contributed by atoms with Crippen LogP contribution in [0.15, 0.2) is 48.7 Å². The predicted molar refractivity (Wildman–Crippen MR) is 84.2 cm³/mol. The summed E-state index contributed by atoms with van der Waals surface area (Å²) in [6.45, 7) is 2.68. The zero-order valence-corrected chi connectivity index (χ0v) is 12.3. The lowest BCUT2D eigenvalue weighted by molar-refractivity contribution is 0.0697. The molecule has 3 nitrogen and oxygen atoms in total. The second-order valence-electron chi connectivity index (χ2n) is 5.12. The summed E-state index contributed by atoms with van der Waals surface area (Å²) in [5.41, 5.74) is 3.47. The van der Waals surface area contributed by atoms with Crippen LogP contribution < -0.4 is 0 Å². The second kappa shape index (κ2) is 5.26. The van der Waals surface area contributed by atoms with E-state index < -0.39 is 5.97 Å². The van der Waals surface area contributed by atoms with E-state index in [1.807, 2.05) is 6.20 Å². The quantitative estimate of drug-likeness (QED) is 0.781. The first-order valence-corrected chi connectivity index (χ1v) is 6.99. The molecule has 3 aromatic rings. The highest BCUT2D eigenvalue weighted by Gasteiger charge is 2.09. The molecule has 106 valence electrons. The van der Waals surface area contributed by atoms with Gasteiger partial charge in [0.25, 0.3) is 0 Å². The van der Waals surface area contributed by atoms with Gasteiger partial charge in [0.05, 0.1) is 5.56 Å². The molecule has 0 amide bonds. The summed E-state index contributed by atoms with van der Waals surface area (Å²) in [6, 6.07) is 13.2. The van der Waals surface area contributed by atoms with Gasteiger partial charge in [-0.1, -0.05) is 29.3 Å². The smallest absolute Gasteiger partial charge is 0.335 e. The lowest BCUT2D eigenvalue weighted by Crippen LogP contribution is -2.01. The third-order valence-electron chi connectivity index (χ3n) is 3.57. The molecule has 2 aromatic carbocycles. The minimum atomic E-state index is -0.967. The highest BCUT2D eigenvalue weighted by atomic mass is 35.5. The Morgan fingerprint density at radius 2 is 2.00 bits per heavy atom. The van der Waals surface area contributed by atoms with Crippen molar-refractivity contribution < 1.29 is 9.90 Å². The standard InChI is InChI=1S/C17H14ClNO2/c1-11-2-5-16-12(8-11)6-7-19(16)10-14-4-3-13(17(20)21)9-15(14)18/h2-9H,10H2,1H3,(H,20,21). The van der Waals surface area contributed by atoms with E-state index in [4.69, 9.17) is 16.7 Å². The molecular weight excluding hydrogens is 286 g/mol. The Morgan fingerprint density at radius 1 is 1.19 bits per heavy atom. The van der Waals surface area contributed by atoms with E-state index in [9.17, 15) is 4.79 Å². The van der Waals surface area contributed by atoms with Crippen molar-refractivity contribution in [1.29, 1.82) is 0 Å².